The van der Waals surface area contributed by atoms with Crippen molar-refractivity contribution in [1.29, 1.82) is 0 Å². The van der Waals surface area contributed by atoms with Crippen molar-refractivity contribution in [1.82, 2.24) is 15.3 Å². The molecule has 28 heavy (non-hydrogen) atoms. The third-order valence-electron chi connectivity index (χ3n) is 4.65. The summed E-state index contributed by atoms with van der Waals surface area (Å²) in [4.78, 5) is 21.5. The van der Waals surface area contributed by atoms with Gasteiger partial charge in [0.05, 0.1) is 6.61 Å². The number of H-pyrrole nitrogens is 1. The number of nitrogens with zero attached hydrogens (tertiary/aromatic N) is 1. The highest BCUT2D eigenvalue weighted by molar-refractivity contribution is 7.10. The van der Waals surface area contributed by atoms with Crippen molar-refractivity contribution in [2.45, 2.75) is 12.8 Å². The summed E-state index contributed by atoms with van der Waals surface area (Å²) in [6.45, 7) is 2.83. The van der Waals surface area contributed by atoms with Crippen molar-refractivity contribution in [3.63, 3.8) is 0 Å². The molecule has 5 nitrogen and oxygen atoms in total. The molecule has 6 heteroatoms. The fraction of sp³-hybridized carbons (Fsp3) is 0.182. The molecule has 0 radical (unpaired) electrons. The summed E-state index contributed by atoms with van der Waals surface area (Å²) in [5.74, 6) is 0.243. The number of amides is 1. The van der Waals surface area contributed by atoms with Crippen LogP contribution in [0, 0.1) is 0 Å². The van der Waals surface area contributed by atoms with Crippen LogP contribution in [0.5, 0.6) is 5.88 Å². The molecule has 0 aliphatic heterocycles. The predicted molar refractivity (Wildman–Crippen MR) is 112 cm³/mol. The van der Waals surface area contributed by atoms with Crippen LogP contribution >= 0.6 is 11.3 Å². The number of fused-ring (bicyclic) bond motifs is 1. The molecule has 0 bridgehead atoms. The number of aromatic amines is 1. The average Bonchev–Trinajstić information content (AvgIpc) is 3.40. The Balaban J connectivity index is 1.60. The highest BCUT2D eigenvalue weighted by Gasteiger charge is 2.21. The van der Waals surface area contributed by atoms with Crippen LogP contribution in [0.1, 0.15) is 33.6 Å². The van der Waals surface area contributed by atoms with E-state index in [0.717, 1.165) is 5.52 Å². The van der Waals surface area contributed by atoms with Crippen molar-refractivity contribution in [2.24, 2.45) is 0 Å². The Bertz CT molecular complexity index is 1070. The van der Waals surface area contributed by atoms with E-state index in [4.69, 9.17) is 4.74 Å². The summed E-state index contributed by atoms with van der Waals surface area (Å²) >= 11 is 1.69. The average molecular weight is 391 g/mol. The number of hydrogen-bond acceptors (Lipinski definition) is 4. The van der Waals surface area contributed by atoms with Crippen LogP contribution in [0.4, 0.5) is 0 Å². The monoisotopic (exact) mass is 391 g/mol. The number of aromatic nitrogens is 2. The van der Waals surface area contributed by atoms with E-state index in [2.05, 4.69) is 38.9 Å². The van der Waals surface area contributed by atoms with Crippen molar-refractivity contribution < 1.29 is 9.53 Å². The largest absolute Gasteiger partial charge is 0.477 e. The minimum Gasteiger partial charge on any atom is -0.477 e. The minimum atomic E-state index is -0.182. The van der Waals surface area contributed by atoms with E-state index in [1.54, 1.807) is 29.7 Å². The fourth-order valence-electron chi connectivity index (χ4n) is 3.34. The summed E-state index contributed by atoms with van der Waals surface area (Å²) in [5, 5.41) is 6.31. The van der Waals surface area contributed by atoms with Gasteiger partial charge in [0, 0.05) is 40.6 Å². The van der Waals surface area contributed by atoms with Gasteiger partial charge in [0.25, 0.3) is 5.91 Å². The normalized spacial score (nSPS) is 12.0. The van der Waals surface area contributed by atoms with E-state index in [9.17, 15) is 4.79 Å². The van der Waals surface area contributed by atoms with E-state index in [0.29, 0.717) is 24.6 Å². The van der Waals surface area contributed by atoms with E-state index in [1.807, 2.05) is 31.3 Å². The molecule has 1 atom stereocenters. The predicted octanol–water partition coefficient (Wildman–Crippen LogP) is 4.59. The highest BCUT2D eigenvalue weighted by Crippen LogP contribution is 2.33. The number of nitrogens with one attached hydrogen (secondary N) is 2. The zero-order valence-corrected chi connectivity index (χ0v) is 16.3. The molecule has 1 amide bonds. The minimum absolute atomic E-state index is 0.0623. The maximum atomic E-state index is 12.8. The number of para-hydroxylation sites is 1. The zero-order valence-electron chi connectivity index (χ0n) is 15.5. The third-order valence-corrected chi connectivity index (χ3v) is 5.63. The second-order valence-corrected chi connectivity index (χ2v) is 7.34. The van der Waals surface area contributed by atoms with Gasteiger partial charge in [0.15, 0.2) is 0 Å². The molecule has 0 saturated heterocycles. The smallest absolute Gasteiger partial charge is 0.256 e. The highest BCUT2D eigenvalue weighted by atomic mass is 32.1. The fourth-order valence-corrected chi connectivity index (χ4v) is 4.19. The number of benzene rings is 1. The molecule has 0 aliphatic carbocycles. The molecular weight excluding hydrogens is 370 g/mol. The molecular formula is C22H21N3O2S. The SMILES string of the molecule is CCOc1ncccc1C(=O)NC[C@@H](c1cccs1)c1c[nH]c2ccccc12. The first-order valence-corrected chi connectivity index (χ1v) is 10.1. The van der Waals surface area contributed by atoms with Gasteiger partial charge >= 0.3 is 0 Å². The lowest BCUT2D eigenvalue weighted by Crippen LogP contribution is -2.29. The molecule has 1 aromatic carbocycles. The molecule has 0 unspecified atom stereocenters. The molecule has 0 fully saturated rings. The lowest BCUT2D eigenvalue weighted by Gasteiger charge is -2.17. The first-order chi connectivity index (χ1) is 13.8. The number of thiophene rings is 1. The maximum Gasteiger partial charge on any atom is 0.256 e. The first kappa shape index (κ1) is 18.3. The van der Waals surface area contributed by atoms with Crippen LogP contribution in [0.25, 0.3) is 10.9 Å². The maximum absolute atomic E-state index is 12.8. The Labute approximate surface area is 167 Å². The summed E-state index contributed by atoms with van der Waals surface area (Å²) in [5.41, 5.74) is 2.72. The molecule has 0 aliphatic rings. The van der Waals surface area contributed by atoms with Crippen LogP contribution < -0.4 is 10.1 Å². The zero-order chi connectivity index (χ0) is 19.3. The first-order valence-electron chi connectivity index (χ1n) is 9.23. The molecule has 142 valence electrons. The topological polar surface area (TPSA) is 67.0 Å². The van der Waals surface area contributed by atoms with Crippen LogP contribution in [-0.2, 0) is 0 Å². The lowest BCUT2D eigenvalue weighted by atomic mass is 9.96. The van der Waals surface area contributed by atoms with Crippen molar-refractivity contribution in [2.75, 3.05) is 13.2 Å². The second-order valence-electron chi connectivity index (χ2n) is 6.36. The number of ether oxygens (including phenoxy) is 1. The molecule has 2 N–H and O–H groups in total. The standard InChI is InChI=1S/C22H21N3O2S/c1-2-27-22-16(8-5-11-23-22)21(26)25-14-18(20-10-6-12-28-20)17-13-24-19-9-4-3-7-15(17)19/h3-13,18,24H,2,14H2,1H3,(H,25,26)/t18-/m1/s1. The van der Waals surface area contributed by atoms with Gasteiger partial charge in [0.1, 0.15) is 5.56 Å². The number of pyridine rings is 1. The van der Waals surface area contributed by atoms with Crippen molar-refractivity contribution in [3.8, 4) is 5.88 Å². The molecule has 0 spiro atoms. The van der Waals surface area contributed by atoms with Crippen LogP contribution in [0.3, 0.4) is 0 Å². The Morgan fingerprint density at radius 1 is 1.21 bits per heavy atom. The van der Waals surface area contributed by atoms with Gasteiger partial charge in [0.2, 0.25) is 5.88 Å². The Morgan fingerprint density at radius 2 is 2.11 bits per heavy atom. The van der Waals surface area contributed by atoms with Gasteiger partial charge in [-0.25, -0.2) is 4.98 Å². The second kappa shape index (κ2) is 8.27. The van der Waals surface area contributed by atoms with Crippen LogP contribution in [0.15, 0.2) is 66.3 Å². The van der Waals surface area contributed by atoms with E-state index >= 15 is 0 Å². The van der Waals surface area contributed by atoms with Gasteiger partial charge in [-0.15, -0.1) is 11.3 Å². The summed E-state index contributed by atoms with van der Waals surface area (Å²) in [6, 6.07) is 15.9. The van der Waals surface area contributed by atoms with Crippen molar-refractivity contribution >= 4 is 28.1 Å². The number of carbonyl (C=O) groups excluding carboxylic acids is 1. The number of hydrogen-bond donors (Lipinski definition) is 2. The Hall–Kier alpha value is -3.12. The Morgan fingerprint density at radius 3 is 2.93 bits per heavy atom. The van der Waals surface area contributed by atoms with E-state index in [1.165, 1.54) is 15.8 Å². The van der Waals surface area contributed by atoms with Crippen molar-refractivity contribution in [3.05, 3.63) is 82.3 Å². The quantitative estimate of drug-likeness (QED) is 0.484. The molecule has 4 aromatic rings. The molecule has 0 saturated carbocycles. The van der Waals surface area contributed by atoms with Crippen LogP contribution in [-0.4, -0.2) is 29.0 Å². The van der Waals surface area contributed by atoms with E-state index in [-0.39, 0.29) is 11.8 Å². The number of carbonyl (C=O) groups is 1. The van der Waals surface area contributed by atoms with Gasteiger partial charge in [-0.05, 0) is 42.1 Å². The lowest BCUT2D eigenvalue weighted by molar-refractivity contribution is 0.0948. The summed E-state index contributed by atoms with van der Waals surface area (Å²) in [6.07, 6.45) is 3.67. The summed E-state index contributed by atoms with van der Waals surface area (Å²) < 4.78 is 5.49. The van der Waals surface area contributed by atoms with Gasteiger partial charge in [-0.2, -0.15) is 0 Å². The van der Waals surface area contributed by atoms with Crippen LogP contribution in [0.2, 0.25) is 0 Å². The molecule has 3 aromatic heterocycles. The van der Waals surface area contributed by atoms with Gasteiger partial charge in [-0.3, -0.25) is 4.79 Å². The van der Waals surface area contributed by atoms with Gasteiger partial charge in [-0.1, -0.05) is 24.3 Å². The van der Waals surface area contributed by atoms with E-state index < -0.39 is 0 Å². The summed E-state index contributed by atoms with van der Waals surface area (Å²) in [7, 11) is 0. The number of rotatable bonds is 7. The molecule has 3 heterocycles. The Kier molecular flexibility index (Phi) is 5.39. The third kappa shape index (κ3) is 3.64. The molecule has 4 rings (SSSR count). The van der Waals surface area contributed by atoms with Gasteiger partial charge < -0.3 is 15.0 Å².